The topological polar surface area (TPSA) is 47.9 Å². The zero-order chi connectivity index (χ0) is 33.9. The molecule has 2 heterocycles. The van der Waals surface area contributed by atoms with Crippen LogP contribution in [0.4, 0.5) is 0 Å². The Morgan fingerprint density at radius 3 is 1.49 bits per heavy atom. The van der Waals surface area contributed by atoms with Gasteiger partial charge in [0.05, 0.1) is 5.41 Å². The number of hydrogen-bond acceptors (Lipinski definition) is 4. The molecule has 1 spiro atoms. The van der Waals surface area contributed by atoms with E-state index in [1.165, 1.54) is 22.3 Å². The van der Waals surface area contributed by atoms with Crippen LogP contribution in [0.15, 0.2) is 170 Å². The first-order chi connectivity index (χ1) is 25.2. The van der Waals surface area contributed by atoms with E-state index in [0.29, 0.717) is 22.5 Å². The maximum Gasteiger partial charge on any atom is 0.164 e. The fourth-order valence-electron chi connectivity index (χ4n) is 7.96. The molecule has 2 aliphatic rings. The molecule has 0 bridgehead atoms. The van der Waals surface area contributed by atoms with E-state index in [1.54, 1.807) is 0 Å². The molecular formula is C46H28ClN3O. The second kappa shape index (κ2) is 11.6. The average Bonchev–Trinajstić information content (AvgIpc) is 3.49. The number of hydrogen-bond donors (Lipinski definition) is 0. The molecule has 4 nitrogen and oxygen atoms in total. The summed E-state index contributed by atoms with van der Waals surface area (Å²) >= 11 is 7.00. The van der Waals surface area contributed by atoms with Crippen molar-refractivity contribution in [2.75, 3.05) is 0 Å². The van der Waals surface area contributed by atoms with Gasteiger partial charge in [-0.1, -0.05) is 151 Å². The maximum atomic E-state index is 7.00. The number of para-hydroxylation sites is 2. The van der Waals surface area contributed by atoms with Gasteiger partial charge in [-0.2, -0.15) is 0 Å². The van der Waals surface area contributed by atoms with Crippen LogP contribution in [0.3, 0.4) is 0 Å². The zero-order valence-electron chi connectivity index (χ0n) is 27.3. The molecule has 0 atom stereocenters. The number of nitrogens with zero attached hydrogens (tertiary/aromatic N) is 3. The van der Waals surface area contributed by atoms with Crippen molar-refractivity contribution in [3.8, 4) is 67.9 Å². The van der Waals surface area contributed by atoms with Gasteiger partial charge in [0.2, 0.25) is 0 Å². The van der Waals surface area contributed by atoms with Crippen LogP contribution < -0.4 is 4.74 Å². The van der Waals surface area contributed by atoms with Crippen LogP contribution in [-0.4, -0.2) is 15.0 Å². The van der Waals surface area contributed by atoms with Gasteiger partial charge < -0.3 is 4.74 Å². The molecule has 0 saturated heterocycles. The summed E-state index contributed by atoms with van der Waals surface area (Å²) in [6.45, 7) is 0. The highest BCUT2D eigenvalue weighted by molar-refractivity contribution is 6.31. The van der Waals surface area contributed by atoms with Crippen LogP contribution in [0.25, 0.3) is 56.4 Å². The molecule has 0 amide bonds. The lowest BCUT2D eigenvalue weighted by Gasteiger charge is -2.39. The van der Waals surface area contributed by atoms with Crippen molar-refractivity contribution in [2.24, 2.45) is 0 Å². The predicted octanol–water partition coefficient (Wildman–Crippen LogP) is 11.7. The normalized spacial score (nSPS) is 13.1. The van der Waals surface area contributed by atoms with Gasteiger partial charge in [0, 0.05) is 32.8 Å². The van der Waals surface area contributed by atoms with Crippen molar-refractivity contribution in [1.82, 2.24) is 15.0 Å². The molecule has 0 radical (unpaired) electrons. The van der Waals surface area contributed by atoms with Gasteiger partial charge in [-0.15, -0.1) is 0 Å². The molecule has 0 saturated carbocycles. The lowest BCUT2D eigenvalue weighted by Crippen LogP contribution is -2.32. The van der Waals surface area contributed by atoms with E-state index in [2.05, 4.69) is 84.9 Å². The molecule has 240 valence electrons. The number of rotatable bonds is 4. The van der Waals surface area contributed by atoms with Crippen LogP contribution in [-0.2, 0) is 5.41 Å². The van der Waals surface area contributed by atoms with Crippen LogP contribution in [0.1, 0.15) is 22.3 Å². The molecule has 0 fully saturated rings. The molecule has 8 aromatic rings. The van der Waals surface area contributed by atoms with Gasteiger partial charge >= 0.3 is 0 Å². The molecule has 0 unspecified atom stereocenters. The van der Waals surface area contributed by atoms with E-state index < -0.39 is 5.41 Å². The van der Waals surface area contributed by atoms with Crippen molar-refractivity contribution >= 4 is 11.6 Å². The standard InChI is InChI=1S/C46H28ClN3O/c47-33-27-31(26-32(28-33)45-49-43(29-14-3-1-4-15-29)48-44(50-45)30-16-5-2-6-17-30)34-19-13-23-39-42(34)35-18-7-8-20-36(35)46(39)37-21-9-11-24-40(37)51-41-25-12-10-22-38(41)46/h1-28H. The Morgan fingerprint density at radius 2 is 0.863 bits per heavy atom. The van der Waals surface area contributed by atoms with E-state index in [-0.39, 0.29) is 0 Å². The van der Waals surface area contributed by atoms with Gasteiger partial charge in [0.15, 0.2) is 17.5 Å². The molecule has 51 heavy (non-hydrogen) atoms. The fourth-order valence-corrected chi connectivity index (χ4v) is 8.19. The molecule has 7 aromatic carbocycles. The first-order valence-corrected chi connectivity index (χ1v) is 17.3. The predicted molar refractivity (Wildman–Crippen MR) is 204 cm³/mol. The summed E-state index contributed by atoms with van der Waals surface area (Å²) < 4.78 is 6.54. The molecule has 1 aromatic heterocycles. The van der Waals surface area contributed by atoms with Gasteiger partial charge in [-0.3, -0.25) is 0 Å². The number of benzene rings is 7. The SMILES string of the molecule is Clc1cc(-c2nc(-c3ccccc3)nc(-c3ccccc3)n2)cc(-c2cccc3c2-c2ccccc2C32c3ccccc3Oc3ccccc32)c1. The Bertz CT molecular complexity index is 2530. The third-order valence-electron chi connectivity index (χ3n) is 10.0. The van der Waals surface area contributed by atoms with Crippen LogP contribution in [0, 0.1) is 0 Å². The first kappa shape index (κ1) is 29.5. The minimum Gasteiger partial charge on any atom is -0.457 e. The highest BCUT2D eigenvalue weighted by Crippen LogP contribution is 2.63. The summed E-state index contributed by atoms with van der Waals surface area (Å²) in [4.78, 5) is 14.9. The van der Waals surface area contributed by atoms with E-state index >= 15 is 0 Å². The Kier molecular flexibility index (Phi) is 6.73. The lowest BCUT2D eigenvalue weighted by atomic mass is 9.66. The third kappa shape index (κ3) is 4.57. The average molecular weight is 674 g/mol. The summed E-state index contributed by atoms with van der Waals surface area (Å²) in [5.41, 5.74) is 11.2. The maximum absolute atomic E-state index is 7.00. The van der Waals surface area contributed by atoms with Gasteiger partial charge in [-0.25, -0.2) is 15.0 Å². The molecule has 0 N–H and O–H groups in total. The summed E-state index contributed by atoms with van der Waals surface area (Å²) in [5.74, 6) is 3.51. The Morgan fingerprint density at radius 1 is 0.392 bits per heavy atom. The summed E-state index contributed by atoms with van der Waals surface area (Å²) in [6.07, 6.45) is 0. The van der Waals surface area contributed by atoms with E-state index in [9.17, 15) is 0 Å². The van der Waals surface area contributed by atoms with Crippen LogP contribution in [0.2, 0.25) is 5.02 Å². The van der Waals surface area contributed by atoms with Crippen molar-refractivity contribution in [1.29, 1.82) is 0 Å². The third-order valence-corrected chi connectivity index (χ3v) is 10.3. The highest BCUT2D eigenvalue weighted by atomic mass is 35.5. The Labute approximate surface area is 300 Å². The minimum absolute atomic E-state index is 0.557. The van der Waals surface area contributed by atoms with Gasteiger partial charge in [0.25, 0.3) is 0 Å². The molecule has 5 heteroatoms. The number of halogens is 1. The van der Waals surface area contributed by atoms with Crippen molar-refractivity contribution in [3.05, 3.63) is 197 Å². The van der Waals surface area contributed by atoms with Crippen molar-refractivity contribution in [3.63, 3.8) is 0 Å². The van der Waals surface area contributed by atoms with Gasteiger partial charge in [-0.05, 0) is 63.7 Å². The lowest BCUT2D eigenvalue weighted by molar-refractivity contribution is 0.436. The van der Waals surface area contributed by atoms with Crippen LogP contribution >= 0.6 is 11.6 Å². The number of ether oxygens (including phenoxy) is 1. The quantitative estimate of drug-likeness (QED) is 0.186. The summed E-state index contributed by atoms with van der Waals surface area (Å²) in [6, 6.07) is 58.4. The van der Waals surface area contributed by atoms with Gasteiger partial charge in [0.1, 0.15) is 11.5 Å². The molecule has 1 aliphatic heterocycles. The van der Waals surface area contributed by atoms with Crippen molar-refractivity contribution in [2.45, 2.75) is 5.41 Å². The Hall–Kier alpha value is -6.36. The summed E-state index contributed by atoms with van der Waals surface area (Å²) in [7, 11) is 0. The number of fused-ring (bicyclic) bond motifs is 9. The Balaban J connectivity index is 1.21. The smallest absolute Gasteiger partial charge is 0.164 e. The molecular weight excluding hydrogens is 646 g/mol. The largest absolute Gasteiger partial charge is 0.457 e. The molecule has 1 aliphatic carbocycles. The zero-order valence-corrected chi connectivity index (χ0v) is 28.0. The van der Waals surface area contributed by atoms with Crippen molar-refractivity contribution < 1.29 is 4.74 Å². The second-order valence-corrected chi connectivity index (χ2v) is 13.3. The fraction of sp³-hybridized carbons (Fsp3) is 0.0217. The number of aromatic nitrogens is 3. The monoisotopic (exact) mass is 673 g/mol. The van der Waals surface area contributed by atoms with Crippen LogP contribution in [0.5, 0.6) is 11.5 Å². The first-order valence-electron chi connectivity index (χ1n) is 17.0. The second-order valence-electron chi connectivity index (χ2n) is 12.9. The minimum atomic E-state index is -0.557. The highest BCUT2D eigenvalue weighted by Gasteiger charge is 2.51. The molecule has 10 rings (SSSR count). The van der Waals surface area contributed by atoms with E-state index in [0.717, 1.165) is 50.4 Å². The summed E-state index contributed by atoms with van der Waals surface area (Å²) in [5, 5.41) is 0.603. The van der Waals surface area contributed by atoms with E-state index in [1.807, 2.05) is 84.9 Å². The van der Waals surface area contributed by atoms with E-state index in [4.69, 9.17) is 31.3 Å².